The standard InChI is InChI=1S/C26H28N4O5/c1-13-10-14(2)22-16(11-13)26(25(34)28-22)21-20(17(29-26)8-9-19(27)31)23(32)30(24(21)33)12-15-6-4-5-7-18(15)35-3/h4-7,10-11,17,20-21,29H,8-9,12H2,1-3H3,(H2,27,31)(H,28,34)/t17-,20+,21-,26-/m0/s1. The van der Waals surface area contributed by atoms with Gasteiger partial charge in [0.2, 0.25) is 23.6 Å². The van der Waals surface area contributed by atoms with Crippen molar-refractivity contribution in [2.24, 2.45) is 17.6 Å². The van der Waals surface area contributed by atoms with Crippen LogP contribution in [0.2, 0.25) is 0 Å². The summed E-state index contributed by atoms with van der Waals surface area (Å²) in [5, 5.41) is 6.29. The zero-order chi connectivity index (χ0) is 25.1. The Kier molecular flexibility index (Phi) is 5.40. The second kappa shape index (κ2) is 8.20. The van der Waals surface area contributed by atoms with E-state index in [1.165, 1.54) is 12.0 Å². The molecule has 9 nitrogen and oxygen atoms in total. The number of likely N-dealkylation sites (tertiary alicyclic amines) is 1. The van der Waals surface area contributed by atoms with Crippen molar-refractivity contribution in [3.05, 3.63) is 58.7 Å². The molecule has 3 aliphatic rings. The number of nitrogens with zero attached hydrogens (tertiary/aromatic N) is 1. The Morgan fingerprint density at radius 2 is 1.89 bits per heavy atom. The first-order chi connectivity index (χ1) is 16.7. The molecule has 0 radical (unpaired) electrons. The molecule has 0 aliphatic carbocycles. The number of nitrogens with two attached hydrogens (primary N) is 1. The van der Waals surface area contributed by atoms with Gasteiger partial charge in [0, 0.05) is 29.3 Å². The summed E-state index contributed by atoms with van der Waals surface area (Å²) in [4.78, 5) is 54.0. The minimum Gasteiger partial charge on any atom is -0.496 e. The summed E-state index contributed by atoms with van der Waals surface area (Å²) in [7, 11) is 1.53. The van der Waals surface area contributed by atoms with E-state index in [1.807, 2.05) is 38.1 Å². The van der Waals surface area contributed by atoms with Gasteiger partial charge in [0.05, 0.1) is 25.5 Å². The monoisotopic (exact) mass is 476 g/mol. The zero-order valence-corrected chi connectivity index (χ0v) is 19.9. The molecule has 3 aliphatic heterocycles. The number of rotatable bonds is 6. The molecule has 4 atom stereocenters. The second-order valence-electron chi connectivity index (χ2n) is 9.60. The smallest absolute Gasteiger partial charge is 0.250 e. The van der Waals surface area contributed by atoms with Crippen molar-refractivity contribution in [3.8, 4) is 5.75 Å². The van der Waals surface area contributed by atoms with Crippen LogP contribution in [0, 0.1) is 25.7 Å². The molecule has 35 heavy (non-hydrogen) atoms. The predicted octanol–water partition coefficient (Wildman–Crippen LogP) is 1.50. The van der Waals surface area contributed by atoms with Crippen molar-refractivity contribution in [1.29, 1.82) is 0 Å². The SMILES string of the molecule is COc1ccccc1CN1C(=O)[C@@H]2[C@H](CCC(N)=O)N[C@]3(C(=O)Nc4c(C)cc(C)cc43)[C@@H]2C1=O. The second-order valence-corrected chi connectivity index (χ2v) is 9.60. The van der Waals surface area contributed by atoms with E-state index < -0.39 is 35.2 Å². The van der Waals surface area contributed by atoms with E-state index in [4.69, 9.17) is 10.5 Å². The van der Waals surface area contributed by atoms with E-state index in [1.54, 1.807) is 12.1 Å². The Morgan fingerprint density at radius 1 is 1.14 bits per heavy atom. The van der Waals surface area contributed by atoms with Gasteiger partial charge < -0.3 is 15.8 Å². The Balaban J connectivity index is 1.61. The number of carbonyl (C=O) groups excluding carboxylic acids is 4. The van der Waals surface area contributed by atoms with Gasteiger partial charge in [-0.1, -0.05) is 35.9 Å². The quantitative estimate of drug-likeness (QED) is 0.542. The molecule has 182 valence electrons. The van der Waals surface area contributed by atoms with Crippen LogP contribution in [0.15, 0.2) is 36.4 Å². The minimum atomic E-state index is -1.40. The lowest BCUT2D eigenvalue weighted by Gasteiger charge is -2.30. The Labute approximate surface area is 203 Å². The maximum absolute atomic E-state index is 13.9. The third-order valence-electron chi connectivity index (χ3n) is 7.48. The fraction of sp³-hybridized carbons (Fsp3) is 0.385. The number of carbonyl (C=O) groups is 4. The highest BCUT2D eigenvalue weighted by Gasteiger charge is 2.70. The fourth-order valence-corrected chi connectivity index (χ4v) is 6.02. The Hall–Kier alpha value is -3.72. The third-order valence-corrected chi connectivity index (χ3v) is 7.48. The van der Waals surface area contributed by atoms with Crippen molar-refractivity contribution in [3.63, 3.8) is 0 Å². The summed E-state index contributed by atoms with van der Waals surface area (Å²) in [5.41, 5.74) is 7.83. The summed E-state index contributed by atoms with van der Waals surface area (Å²) in [5.74, 6) is -2.82. The van der Waals surface area contributed by atoms with Crippen LogP contribution >= 0.6 is 0 Å². The topological polar surface area (TPSA) is 131 Å². The summed E-state index contributed by atoms with van der Waals surface area (Å²) >= 11 is 0. The number of benzene rings is 2. The molecule has 9 heteroatoms. The lowest BCUT2D eigenvalue weighted by molar-refractivity contribution is -0.143. The van der Waals surface area contributed by atoms with Gasteiger partial charge >= 0.3 is 0 Å². The number of ether oxygens (including phenoxy) is 1. The van der Waals surface area contributed by atoms with Gasteiger partial charge in [-0.05, 0) is 31.9 Å². The molecule has 0 unspecified atom stereocenters. The minimum absolute atomic E-state index is 0.0340. The number of hydrogen-bond acceptors (Lipinski definition) is 6. The molecule has 1 spiro atoms. The Morgan fingerprint density at radius 3 is 2.60 bits per heavy atom. The average Bonchev–Trinajstić information content (AvgIpc) is 3.39. The van der Waals surface area contributed by atoms with Crippen molar-refractivity contribution in [1.82, 2.24) is 10.2 Å². The number of para-hydroxylation sites is 1. The molecular weight excluding hydrogens is 448 g/mol. The molecule has 2 aromatic carbocycles. The first kappa shape index (κ1) is 23.0. The van der Waals surface area contributed by atoms with Crippen molar-refractivity contribution in [2.75, 3.05) is 12.4 Å². The largest absolute Gasteiger partial charge is 0.496 e. The maximum atomic E-state index is 13.9. The fourth-order valence-electron chi connectivity index (χ4n) is 6.02. The predicted molar refractivity (Wildman–Crippen MR) is 127 cm³/mol. The molecule has 3 heterocycles. The molecule has 2 aromatic rings. The van der Waals surface area contributed by atoms with Crippen LogP contribution in [0.3, 0.4) is 0 Å². The van der Waals surface area contributed by atoms with Gasteiger partial charge in [-0.25, -0.2) is 0 Å². The molecule has 0 bridgehead atoms. The highest BCUT2D eigenvalue weighted by Crippen LogP contribution is 2.54. The first-order valence-corrected chi connectivity index (χ1v) is 11.6. The van der Waals surface area contributed by atoms with E-state index in [-0.39, 0.29) is 31.2 Å². The highest BCUT2D eigenvalue weighted by atomic mass is 16.5. The van der Waals surface area contributed by atoms with Crippen LogP contribution < -0.4 is 21.1 Å². The molecule has 4 amide bonds. The summed E-state index contributed by atoms with van der Waals surface area (Å²) in [6.45, 7) is 3.86. The normalized spacial score (nSPS) is 26.8. The van der Waals surface area contributed by atoms with Crippen molar-refractivity contribution in [2.45, 2.75) is 44.8 Å². The molecule has 5 rings (SSSR count). The van der Waals surface area contributed by atoms with Crippen LogP contribution in [0.5, 0.6) is 5.75 Å². The number of anilines is 1. The zero-order valence-electron chi connectivity index (χ0n) is 19.9. The van der Waals surface area contributed by atoms with E-state index in [0.717, 1.165) is 11.1 Å². The number of primary amides is 1. The van der Waals surface area contributed by atoms with E-state index in [2.05, 4.69) is 10.6 Å². The van der Waals surface area contributed by atoms with Crippen LogP contribution in [0.25, 0.3) is 0 Å². The number of nitrogens with one attached hydrogen (secondary N) is 2. The summed E-state index contributed by atoms with van der Waals surface area (Å²) in [6, 6.07) is 10.5. The molecule has 2 saturated heterocycles. The maximum Gasteiger partial charge on any atom is 0.250 e. The molecular formula is C26H28N4O5. The van der Waals surface area contributed by atoms with Gasteiger partial charge in [-0.3, -0.25) is 29.4 Å². The van der Waals surface area contributed by atoms with E-state index in [0.29, 0.717) is 22.6 Å². The van der Waals surface area contributed by atoms with Gasteiger partial charge in [0.1, 0.15) is 11.3 Å². The van der Waals surface area contributed by atoms with Crippen LogP contribution in [0.4, 0.5) is 5.69 Å². The summed E-state index contributed by atoms with van der Waals surface area (Å²) in [6.07, 6.45) is 0.277. The molecule has 0 saturated carbocycles. The van der Waals surface area contributed by atoms with E-state index >= 15 is 0 Å². The molecule has 2 fully saturated rings. The molecule has 4 N–H and O–H groups in total. The lowest BCUT2D eigenvalue weighted by atomic mass is 9.75. The lowest BCUT2D eigenvalue weighted by Crippen LogP contribution is -2.53. The van der Waals surface area contributed by atoms with E-state index in [9.17, 15) is 19.2 Å². The van der Waals surface area contributed by atoms with Crippen LogP contribution in [-0.2, 0) is 31.3 Å². The van der Waals surface area contributed by atoms with Crippen molar-refractivity contribution < 1.29 is 23.9 Å². The molecule has 0 aromatic heterocycles. The van der Waals surface area contributed by atoms with Crippen molar-refractivity contribution >= 4 is 29.3 Å². The average molecular weight is 477 g/mol. The number of hydrogen-bond donors (Lipinski definition) is 3. The van der Waals surface area contributed by atoms with Gasteiger partial charge in [0.25, 0.3) is 0 Å². The number of aryl methyl sites for hydroxylation is 2. The number of fused-ring (bicyclic) bond motifs is 4. The van der Waals surface area contributed by atoms with Crippen LogP contribution in [-0.4, -0.2) is 41.7 Å². The number of methoxy groups -OCH3 is 1. The third kappa shape index (κ3) is 3.33. The summed E-state index contributed by atoms with van der Waals surface area (Å²) < 4.78 is 5.41. The first-order valence-electron chi connectivity index (χ1n) is 11.6. The highest BCUT2D eigenvalue weighted by molar-refractivity contribution is 6.15. The van der Waals surface area contributed by atoms with Crippen LogP contribution in [0.1, 0.15) is 35.1 Å². The van der Waals surface area contributed by atoms with Gasteiger partial charge in [0.15, 0.2) is 0 Å². The van der Waals surface area contributed by atoms with Gasteiger partial charge in [-0.2, -0.15) is 0 Å². The van der Waals surface area contributed by atoms with Gasteiger partial charge in [-0.15, -0.1) is 0 Å². The number of imide groups is 1. The Bertz CT molecular complexity index is 1270. The number of amides is 4.